The van der Waals surface area contributed by atoms with Crippen LogP contribution in [0.25, 0.3) is 0 Å². The summed E-state index contributed by atoms with van der Waals surface area (Å²) >= 11 is 0. The van der Waals surface area contributed by atoms with Crippen LogP contribution < -0.4 is 5.32 Å². The third kappa shape index (κ3) is 6.65. The van der Waals surface area contributed by atoms with Crippen molar-refractivity contribution in [2.24, 2.45) is 0 Å². The second kappa shape index (κ2) is 11.6. The molecule has 4 nitrogen and oxygen atoms in total. The molecule has 2 aromatic carbocycles. The van der Waals surface area contributed by atoms with Crippen molar-refractivity contribution in [2.45, 2.75) is 76.9 Å². The van der Waals surface area contributed by atoms with Gasteiger partial charge in [-0.25, -0.2) is 4.39 Å². The highest BCUT2D eigenvalue weighted by Crippen LogP contribution is 2.21. The van der Waals surface area contributed by atoms with E-state index in [1.54, 1.807) is 23.1 Å². The summed E-state index contributed by atoms with van der Waals surface area (Å²) < 4.78 is 14.4. The fourth-order valence-electron chi connectivity index (χ4n) is 4.27. The minimum Gasteiger partial charge on any atom is -0.352 e. The average Bonchev–Trinajstić information content (AvgIpc) is 2.79. The molecule has 1 fully saturated rings. The molecule has 2 amide bonds. The number of halogens is 1. The molecule has 0 aromatic heterocycles. The molecule has 1 atom stereocenters. The first-order valence-electron chi connectivity index (χ1n) is 11.5. The second-order valence-corrected chi connectivity index (χ2v) is 8.41. The third-order valence-corrected chi connectivity index (χ3v) is 5.99. The molecular weight excluding hydrogens is 391 g/mol. The van der Waals surface area contributed by atoms with Gasteiger partial charge in [0.15, 0.2) is 0 Å². The van der Waals surface area contributed by atoms with Crippen molar-refractivity contribution in [3.8, 4) is 0 Å². The molecule has 166 valence electrons. The monoisotopic (exact) mass is 424 g/mol. The highest BCUT2D eigenvalue weighted by Gasteiger charge is 2.31. The van der Waals surface area contributed by atoms with Gasteiger partial charge in [-0.1, -0.05) is 74.7 Å². The van der Waals surface area contributed by atoms with Crippen LogP contribution in [0.3, 0.4) is 0 Å². The van der Waals surface area contributed by atoms with Crippen LogP contribution in [0.4, 0.5) is 4.39 Å². The summed E-state index contributed by atoms with van der Waals surface area (Å²) in [5.74, 6) is -0.620. The van der Waals surface area contributed by atoms with Gasteiger partial charge >= 0.3 is 0 Å². The normalized spacial score (nSPS) is 15.3. The smallest absolute Gasteiger partial charge is 0.243 e. The number of rotatable bonds is 9. The molecule has 0 saturated heterocycles. The molecule has 0 bridgehead atoms. The van der Waals surface area contributed by atoms with Crippen molar-refractivity contribution in [2.75, 3.05) is 0 Å². The Labute approximate surface area is 184 Å². The molecule has 5 heteroatoms. The Morgan fingerprint density at radius 1 is 1.03 bits per heavy atom. The van der Waals surface area contributed by atoms with E-state index in [4.69, 9.17) is 0 Å². The SMILES string of the molecule is CCCC(=O)N(Cc1ccccc1F)[C@@H](Cc1ccccc1)C(=O)NC1CCCCC1. The average molecular weight is 425 g/mol. The molecule has 0 aliphatic heterocycles. The molecule has 0 spiro atoms. The Hall–Kier alpha value is -2.69. The van der Waals surface area contributed by atoms with Gasteiger partial charge in [0.25, 0.3) is 0 Å². The zero-order valence-corrected chi connectivity index (χ0v) is 18.4. The van der Waals surface area contributed by atoms with Gasteiger partial charge < -0.3 is 10.2 Å². The third-order valence-electron chi connectivity index (χ3n) is 5.99. The molecule has 1 saturated carbocycles. The first-order valence-corrected chi connectivity index (χ1v) is 11.5. The van der Waals surface area contributed by atoms with E-state index in [1.165, 1.54) is 12.5 Å². The molecule has 1 aliphatic rings. The van der Waals surface area contributed by atoms with Gasteiger partial charge in [0.2, 0.25) is 11.8 Å². The summed E-state index contributed by atoms with van der Waals surface area (Å²) in [5.41, 5.74) is 1.41. The highest BCUT2D eigenvalue weighted by molar-refractivity contribution is 5.88. The summed E-state index contributed by atoms with van der Waals surface area (Å²) in [4.78, 5) is 28.1. The number of nitrogens with one attached hydrogen (secondary N) is 1. The summed E-state index contributed by atoms with van der Waals surface area (Å²) in [6.07, 6.45) is 6.78. The zero-order chi connectivity index (χ0) is 22.1. The molecule has 0 heterocycles. The Kier molecular flexibility index (Phi) is 8.63. The fourth-order valence-corrected chi connectivity index (χ4v) is 4.27. The van der Waals surface area contributed by atoms with E-state index < -0.39 is 6.04 Å². The number of nitrogens with zero attached hydrogens (tertiary/aromatic N) is 1. The first-order chi connectivity index (χ1) is 15.1. The van der Waals surface area contributed by atoms with Gasteiger partial charge in [-0.3, -0.25) is 9.59 Å². The van der Waals surface area contributed by atoms with E-state index >= 15 is 0 Å². The number of hydrogen-bond acceptors (Lipinski definition) is 2. The number of amides is 2. The summed E-state index contributed by atoms with van der Waals surface area (Å²) in [6, 6.07) is 15.7. The maximum atomic E-state index is 14.4. The van der Waals surface area contributed by atoms with Crippen molar-refractivity contribution in [3.05, 3.63) is 71.5 Å². The maximum absolute atomic E-state index is 14.4. The fraction of sp³-hybridized carbons (Fsp3) is 0.462. The van der Waals surface area contributed by atoms with Gasteiger partial charge in [-0.15, -0.1) is 0 Å². The van der Waals surface area contributed by atoms with Crippen LogP contribution in [-0.2, 0) is 22.6 Å². The lowest BCUT2D eigenvalue weighted by Gasteiger charge is -2.33. The minimum absolute atomic E-state index is 0.0844. The number of benzene rings is 2. The lowest BCUT2D eigenvalue weighted by molar-refractivity contribution is -0.141. The van der Waals surface area contributed by atoms with E-state index in [1.807, 2.05) is 37.3 Å². The predicted molar refractivity (Wildman–Crippen MR) is 121 cm³/mol. The topological polar surface area (TPSA) is 49.4 Å². The molecule has 3 rings (SSSR count). The number of carbonyl (C=O) groups is 2. The summed E-state index contributed by atoms with van der Waals surface area (Å²) in [5, 5.41) is 3.19. The first kappa shape index (κ1) is 23.0. The minimum atomic E-state index is -0.678. The van der Waals surface area contributed by atoms with E-state index in [2.05, 4.69) is 5.32 Å². The van der Waals surface area contributed by atoms with E-state index in [9.17, 15) is 14.0 Å². The molecule has 0 unspecified atom stereocenters. The van der Waals surface area contributed by atoms with E-state index in [0.717, 1.165) is 31.2 Å². The summed E-state index contributed by atoms with van der Waals surface area (Å²) in [6.45, 7) is 2.02. The van der Waals surface area contributed by atoms with Crippen molar-refractivity contribution in [3.63, 3.8) is 0 Å². The Balaban J connectivity index is 1.89. The standard InChI is InChI=1S/C26H33FN2O2/c1-2-11-25(30)29(19-21-14-9-10-17-23(21)27)24(18-20-12-5-3-6-13-20)26(31)28-22-15-7-4-8-16-22/h3,5-6,9-10,12-14,17,22,24H,2,4,7-8,11,15-16,18-19H2,1H3,(H,28,31)/t24-/m0/s1. The van der Waals surface area contributed by atoms with E-state index in [-0.39, 0.29) is 30.2 Å². The van der Waals surface area contributed by atoms with Crippen molar-refractivity contribution in [1.82, 2.24) is 10.2 Å². The van der Waals surface area contributed by atoms with Gasteiger partial charge in [0, 0.05) is 31.0 Å². The highest BCUT2D eigenvalue weighted by atomic mass is 19.1. The molecule has 31 heavy (non-hydrogen) atoms. The van der Waals surface area contributed by atoms with E-state index in [0.29, 0.717) is 24.8 Å². The largest absolute Gasteiger partial charge is 0.352 e. The van der Waals surface area contributed by atoms with Gasteiger partial charge in [0.05, 0.1) is 0 Å². The van der Waals surface area contributed by atoms with Crippen LogP contribution in [0.15, 0.2) is 54.6 Å². The second-order valence-electron chi connectivity index (χ2n) is 8.41. The van der Waals surface area contributed by atoms with Crippen LogP contribution in [0.1, 0.15) is 63.0 Å². The van der Waals surface area contributed by atoms with Gasteiger partial charge in [0.1, 0.15) is 11.9 Å². The molecular formula is C26H33FN2O2. The Bertz CT molecular complexity index is 849. The van der Waals surface area contributed by atoms with Gasteiger partial charge in [-0.2, -0.15) is 0 Å². The number of carbonyl (C=O) groups excluding carboxylic acids is 2. The van der Waals surface area contributed by atoms with Crippen LogP contribution in [-0.4, -0.2) is 28.8 Å². The molecule has 2 aromatic rings. The zero-order valence-electron chi connectivity index (χ0n) is 18.4. The maximum Gasteiger partial charge on any atom is 0.243 e. The molecule has 1 aliphatic carbocycles. The van der Waals surface area contributed by atoms with Gasteiger partial charge in [-0.05, 0) is 30.9 Å². The van der Waals surface area contributed by atoms with Crippen LogP contribution in [0.2, 0.25) is 0 Å². The van der Waals surface area contributed by atoms with Crippen molar-refractivity contribution in [1.29, 1.82) is 0 Å². The summed E-state index contributed by atoms with van der Waals surface area (Å²) in [7, 11) is 0. The molecule has 1 N–H and O–H groups in total. The predicted octanol–water partition coefficient (Wildman–Crippen LogP) is 5.01. The Morgan fingerprint density at radius 3 is 2.39 bits per heavy atom. The van der Waals surface area contributed by atoms with Crippen LogP contribution in [0, 0.1) is 5.82 Å². The quantitative estimate of drug-likeness (QED) is 0.615. The Morgan fingerprint density at radius 2 is 1.71 bits per heavy atom. The van der Waals surface area contributed by atoms with Crippen LogP contribution in [0.5, 0.6) is 0 Å². The van der Waals surface area contributed by atoms with Crippen LogP contribution >= 0.6 is 0 Å². The van der Waals surface area contributed by atoms with Crippen molar-refractivity contribution >= 4 is 11.8 Å². The number of hydrogen-bond donors (Lipinski definition) is 1. The lowest BCUT2D eigenvalue weighted by atomic mass is 9.94. The molecule has 0 radical (unpaired) electrons. The van der Waals surface area contributed by atoms with Crippen molar-refractivity contribution < 1.29 is 14.0 Å². The lowest BCUT2D eigenvalue weighted by Crippen LogP contribution is -2.52.